The molecule has 100 valence electrons. The van der Waals surface area contributed by atoms with E-state index in [2.05, 4.69) is 24.3 Å². The second-order valence-corrected chi connectivity index (χ2v) is 4.57. The number of fused-ring (bicyclic) bond motifs is 1. The van der Waals surface area contributed by atoms with Crippen LogP contribution >= 0.6 is 0 Å². The second kappa shape index (κ2) is 6.34. The first-order valence-corrected chi connectivity index (χ1v) is 6.61. The van der Waals surface area contributed by atoms with Crippen molar-refractivity contribution >= 4 is 16.7 Å². The number of carbonyl (C=O) groups excluding carboxylic acids is 1. The molecule has 2 aromatic carbocycles. The monoisotopic (exact) mass is 257 g/mol. The summed E-state index contributed by atoms with van der Waals surface area (Å²) in [5.41, 5.74) is 6.80. The van der Waals surface area contributed by atoms with E-state index >= 15 is 0 Å². The molecule has 0 aliphatic carbocycles. The van der Waals surface area contributed by atoms with E-state index < -0.39 is 6.04 Å². The molecule has 19 heavy (non-hydrogen) atoms. The standard InChI is InChI=1S/C16H19NO2/c1-2-15(17)16(18)19-11-10-13-8-5-7-12-6-3-4-9-14(12)13/h3-9,15H,2,10-11,17H2,1H3. The predicted molar refractivity (Wildman–Crippen MR) is 76.9 cm³/mol. The van der Waals surface area contributed by atoms with Gasteiger partial charge in [0.1, 0.15) is 6.04 Å². The third-order valence-electron chi connectivity index (χ3n) is 3.24. The summed E-state index contributed by atoms with van der Waals surface area (Å²) in [6, 6.07) is 13.9. The lowest BCUT2D eigenvalue weighted by Crippen LogP contribution is -2.31. The molecular formula is C16H19NO2. The molecule has 3 heteroatoms. The van der Waals surface area contributed by atoms with Gasteiger partial charge in [0.05, 0.1) is 6.61 Å². The van der Waals surface area contributed by atoms with Crippen molar-refractivity contribution in [3.05, 3.63) is 48.0 Å². The lowest BCUT2D eigenvalue weighted by atomic mass is 10.0. The Morgan fingerprint density at radius 3 is 2.74 bits per heavy atom. The van der Waals surface area contributed by atoms with Gasteiger partial charge in [0.2, 0.25) is 0 Å². The Morgan fingerprint density at radius 2 is 1.95 bits per heavy atom. The molecule has 0 fully saturated rings. The first-order valence-electron chi connectivity index (χ1n) is 6.61. The van der Waals surface area contributed by atoms with Gasteiger partial charge in [-0.1, -0.05) is 49.4 Å². The number of benzene rings is 2. The van der Waals surface area contributed by atoms with Crippen LogP contribution in [0.5, 0.6) is 0 Å². The quantitative estimate of drug-likeness (QED) is 0.838. The van der Waals surface area contributed by atoms with Crippen molar-refractivity contribution in [1.82, 2.24) is 0 Å². The summed E-state index contributed by atoms with van der Waals surface area (Å²) in [6.45, 7) is 2.25. The molecule has 2 N–H and O–H groups in total. The van der Waals surface area contributed by atoms with Gasteiger partial charge in [-0.05, 0) is 22.8 Å². The molecule has 0 spiro atoms. The highest BCUT2D eigenvalue weighted by molar-refractivity contribution is 5.85. The summed E-state index contributed by atoms with van der Waals surface area (Å²) in [5, 5.41) is 2.41. The van der Waals surface area contributed by atoms with E-state index in [1.165, 1.54) is 16.3 Å². The van der Waals surface area contributed by atoms with Gasteiger partial charge in [-0.15, -0.1) is 0 Å². The van der Waals surface area contributed by atoms with Crippen LogP contribution in [0, 0.1) is 0 Å². The molecule has 0 amide bonds. The van der Waals surface area contributed by atoms with Gasteiger partial charge in [-0.3, -0.25) is 4.79 Å². The molecule has 0 bridgehead atoms. The summed E-state index contributed by atoms with van der Waals surface area (Å²) in [6.07, 6.45) is 1.32. The van der Waals surface area contributed by atoms with E-state index in [-0.39, 0.29) is 5.97 Å². The molecule has 2 aromatic rings. The molecule has 3 nitrogen and oxygen atoms in total. The van der Waals surface area contributed by atoms with Crippen molar-refractivity contribution in [2.24, 2.45) is 5.73 Å². The van der Waals surface area contributed by atoms with Gasteiger partial charge < -0.3 is 10.5 Å². The average molecular weight is 257 g/mol. The van der Waals surface area contributed by atoms with Gasteiger partial charge in [0.15, 0.2) is 0 Å². The minimum atomic E-state index is -0.507. The number of nitrogens with two attached hydrogens (primary N) is 1. The fourth-order valence-corrected chi connectivity index (χ4v) is 2.05. The van der Waals surface area contributed by atoms with E-state index in [4.69, 9.17) is 10.5 Å². The fraction of sp³-hybridized carbons (Fsp3) is 0.312. The number of carbonyl (C=O) groups is 1. The van der Waals surface area contributed by atoms with Crippen molar-refractivity contribution in [3.8, 4) is 0 Å². The van der Waals surface area contributed by atoms with Gasteiger partial charge in [0, 0.05) is 6.42 Å². The van der Waals surface area contributed by atoms with Crippen LogP contribution in [-0.4, -0.2) is 18.6 Å². The van der Waals surface area contributed by atoms with Crippen LogP contribution in [0.25, 0.3) is 10.8 Å². The SMILES string of the molecule is CCC(N)C(=O)OCCc1cccc2ccccc12. The topological polar surface area (TPSA) is 52.3 Å². The Bertz CT molecular complexity index is 560. The Hall–Kier alpha value is -1.87. The smallest absolute Gasteiger partial charge is 0.322 e. The van der Waals surface area contributed by atoms with Crippen LogP contribution in [0.15, 0.2) is 42.5 Å². The third kappa shape index (κ3) is 3.32. The van der Waals surface area contributed by atoms with Crippen LogP contribution in [0.4, 0.5) is 0 Å². The molecule has 1 atom stereocenters. The van der Waals surface area contributed by atoms with Crippen LogP contribution in [-0.2, 0) is 16.0 Å². The highest BCUT2D eigenvalue weighted by atomic mass is 16.5. The molecule has 2 rings (SSSR count). The molecule has 0 aliphatic rings. The molecule has 0 saturated heterocycles. The normalized spacial score (nSPS) is 12.3. The van der Waals surface area contributed by atoms with Crippen molar-refractivity contribution < 1.29 is 9.53 Å². The van der Waals surface area contributed by atoms with E-state index in [1.54, 1.807) is 0 Å². The van der Waals surface area contributed by atoms with Crippen molar-refractivity contribution in [1.29, 1.82) is 0 Å². The van der Waals surface area contributed by atoms with E-state index in [1.807, 2.05) is 25.1 Å². The summed E-state index contributed by atoms with van der Waals surface area (Å²) in [5.74, 6) is -0.317. The Balaban J connectivity index is 2.01. The maximum atomic E-state index is 11.5. The van der Waals surface area contributed by atoms with Crippen LogP contribution < -0.4 is 5.73 Å². The Kier molecular flexibility index (Phi) is 4.53. The van der Waals surface area contributed by atoms with Crippen LogP contribution in [0.2, 0.25) is 0 Å². The van der Waals surface area contributed by atoms with Gasteiger partial charge in [0.25, 0.3) is 0 Å². The molecule has 1 unspecified atom stereocenters. The van der Waals surface area contributed by atoms with E-state index in [0.717, 1.165) is 0 Å². The lowest BCUT2D eigenvalue weighted by Gasteiger charge is -2.10. The third-order valence-corrected chi connectivity index (χ3v) is 3.24. The molecule has 0 aromatic heterocycles. The summed E-state index contributed by atoms with van der Waals surface area (Å²) in [4.78, 5) is 11.5. The van der Waals surface area contributed by atoms with Crippen molar-refractivity contribution in [2.45, 2.75) is 25.8 Å². The summed E-state index contributed by atoms with van der Waals surface area (Å²) < 4.78 is 5.18. The number of hydrogen-bond donors (Lipinski definition) is 1. The number of rotatable bonds is 5. The van der Waals surface area contributed by atoms with E-state index in [0.29, 0.717) is 19.4 Å². The highest BCUT2D eigenvalue weighted by Gasteiger charge is 2.12. The fourth-order valence-electron chi connectivity index (χ4n) is 2.05. The summed E-state index contributed by atoms with van der Waals surface area (Å²) >= 11 is 0. The molecule has 0 saturated carbocycles. The molecular weight excluding hydrogens is 238 g/mol. The highest BCUT2D eigenvalue weighted by Crippen LogP contribution is 2.18. The minimum absolute atomic E-state index is 0.317. The average Bonchev–Trinajstić information content (AvgIpc) is 2.46. The molecule has 0 heterocycles. The number of hydrogen-bond acceptors (Lipinski definition) is 3. The largest absolute Gasteiger partial charge is 0.464 e. The Labute approximate surface area is 113 Å². The van der Waals surface area contributed by atoms with Crippen LogP contribution in [0.3, 0.4) is 0 Å². The van der Waals surface area contributed by atoms with E-state index in [9.17, 15) is 4.79 Å². The predicted octanol–water partition coefficient (Wildman–Crippen LogP) is 2.66. The molecule has 0 aliphatic heterocycles. The van der Waals surface area contributed by atoms with Crippen molar-refractivity contribution in [2.75, 3.05) is 6.61 Å². The maximum Gasteiger partial charge on any atom is 0.322 e. The number of ether oxygens (including phenoxy) is 1. The molecule has 0 radical (unpaired) electrons. The Morgan fingerprint density at radius 1 is 1.21 bits per heavy atom. The first-order chi connectivity index (χ1) is 9.22. The second-order valence-electron chi connectivity index (χ2n) is 4.57. The maximum absolute atomic E-state index is 11.5. The van der Waals surface area contributed by atoms with Gasteiger partial charge >= 0.3 is 5.97 Å². The summed E-state index contributed by atoms with van der Waals surface area (Å²) in [7, 11) is 0. The van der Waals surface area contributed by atoms with Crippen molar-refractivity contribution in [3.63, 3.8) is 0 Å². The zero-order valence-corrected chi connectivity index (χ0v) is 11.1. The zero-order valence-electron chi connectivity index (χ0n) is 11.1. The minimum Gasteiger partial charge on any atom is -0.464 e. The zero-order chi connectivity index (χ0) is 13.7. The van der Waals surface area contributed by atoms with Gasteiger partial charge in [-0.2, -0.15) is 0 Å². The lowest BCUT2D eigenvalue weighted by molar-refractivity contribution is -0.145. The van der Waals surface area contributed by atoms with Gasteiger partial charge in [-0.25, -0.2) is 0 Å². The van der Waals surface area contributed by atoms with Crippen LogP contribution in [0.1, 0.15) is 18.9 Å². The first kappa shape index (κ1) is 13.6. The number of esters is 1.